The lowest BCUT2D eigenvalue weighted by Gasteiger charge is -2.43. The van der Waals surface area contributed by atoms with Gasteiger partial charge < -0.3 is 20.1 Å². The highest BCUT2D eigenvalue weighted by Gasteiger charge is 2.46. The van der Waals surface area contributed by atoms with Gasteiger partial charge in [0, 0.05) is 16.2 Å². The summed E-state index contributed by atoms with van der Waals surface area (Å²) < 4.78 is 5.24. The van der Waals surface area contributed by atoms with E-state index in [1.807, 2.05) is 0 Å². The zero-order valence-electron chi connectivity index (χ0n) is 10.5. The van der Waals surface area contributed by atoms with E-state index in [9.17, 15) is 15.3 Å². The third kappa shape index (κ3) is 3.71. The summed E-state index contributed by atoms with van der Waals surface area (Å²) in [6.45, 7) is 2.66. The average molecular weight is 272 g/mol. The van der Waals surface area contributed by atoms with Crippen molar-refractivity contribution in [3.63, 3.8) is 0 Å². The van der Waals surface area contributed by atoms with Gasteiger partial charge in [-0.05, 0) is 24.9 Å². The Labute approximate surface area is 108 Å². The fourth-order valence-corrected chi connectivity index (χ4v) is 2.06. The molecule has 0 spiro atoms. The Morgan fingerprint density at radius 1 is 1.32 bits per heavy atom. The molecule has 0 aromatic rings. The number of hydrogen-bond acceptors (Lipinski definition) is 6. The monoisotopic (exact) mass is 272 g/mol. The summed E-state index contributed by atoms with van der Waals surface area (Å²) in [6, 6.07) is -1.88. The lowest BCUT2D eigenvalue weighted by Crippen LogP contribution is -2.58. The average Bonchev–Trinajstić information content (AvgIpc) is 2.31. The quantitative estimate of drug-likeness (QED) is 0.386. The Balaban J connectivity index is 3.14. The second-order valence-electron chi connectivity index (χ2n) is 4.66. The van der Waals surface area contributed by atoms with Crippen molar-refractivity contribution < 1.29 is 20.1 Å². The van der Waals surface area contributed by atoms with E-state index in [2.05, 4.69) is 20.1 Å². The van der Waals surface area contributed by atoms with Crippen LogP contribution in [0.4, 0.5) is 0 Å². The van der Waals surface area contributed by atoms with Gasteiger partial charge in [0.1, 0.15) is 6.10 Å². The van der Waals surface area contributed by atoms with Gasteiger partial charge in [-0.25, -0.2) is 0 Å². The summed E-state index contributed by atoms with van der Waals surface area (Å²) in [6.07, 6.45) is -3.81. The SMILES string of the molecule is CC(O)C(O)C1OC(C)(O)C[C@@H](N=[N+]=[N-])[C@H]1N=[N+]=[N-]. The molecule has 0 radical (unpaired) electrons. The van der Waals surface area contributed by atoms with Gasteiger partial charge >= 0.3 is 0 Å². The zero-order valence-corrected chi connectivity index (χ0v) is 10.5. The van der Waals surface area contributed by atoms with E-state index in [4.69, 9.17) is 15.8 Å². The van der Waals surface area contributed by atoms with Crippen LogP contribution in [0.3, 0.4) is 0 Å². The number of aliphatic hydroxyl groups excluding tert-OH is 2. The van der Waals surface area contributed by atoms with Crippen molar-refractivity contribution in [1.82, 2.24) is 0 Å². The number of nitrogens with zero attached hydrogens (tertiary/aromatic N) is 6. The van der Waals surface area contributed by atoms with Gasteiger partial charge in [0.05, 0.1) is 24.3 Å². The third-order valence-corrected chi connectivity index (χ3v) is 2.92. The smallest absolute Gasteiger partial charge is 0.163 e. The van der Waals surface area contributed by atoms with Gasteiger partial charge in [-0.3, -0.25) is 0 Å². The van der Waals surface area contributed by atoms with E-state index in [0.29, 0.717) is 0 Å². The maximum Gasteiger partial charge on any atom is 0.163 e. The van der Waals surface area contributed by atoms with Crippen LogP contribution in [0.2, 0.25) is 0 Å². The normalized spacial score (nSPS) is 37.6. The van der Waals surface area contributed by atoms with E-state index < -0.39 is 36.2 Å². The Kier molecular flexibility index (Phi) is 4.96. The van der Waals surface area contributed by atoms with Gasteiger partial charge in [-0.2, -0.15) is 0 Å². The Morgan fingerprint density at radius 3 is 2.37 bits per heavy atom. The van der Waals surface area contributed by atoms with E-state index in [-0.39, 0.29) is 6.42 Å². The molecular formula is C9H16N6O4. The molecule has 1 saturated heterocycles. The molecule has 1 aliphatic rings. The van der Waals surface area contributed by atoms with E-state index in [1.54, 1.807) is 0 Å². The standard InChI is InChI=1S/C9H16N6O4/c1-4(16)7(17)8-6(13-15-11)5(12-14-10)3-9(2,18)19-8/h4-8,16-18H,3H2,1-2H3/t4?,5-,6-,7?,8?,9?/m1/s1. The molecule has 0 aromatic carbocycles. The van der Waals surface area contributed by atoms with Crippen LogP contribution in [0, 0.1) is 0 Å². The largest absolute Gasteiger partial charge is 0.391 e. The van der Waals surface area contributed by atoms with Gasteiger partial charge in [-0.15, -0.1) is 0 Å². The molecule has 19 heavy (non-hydrogen) atoms. The minimum Gasteiger partial charge on any atom is -0.391 e. The molecule has 1 aliphatic heterocycles. The van der Waals surface area contributed by atoms with E-state index in [1.165, 1.54) is 13.8 Å². The van der Waals surface area contributed by atoms with Crippen LogP contribution in [0.1, 0.15) is 20.3 Å². The van der Waals surface area contributed by atoms with Gasteiger partial charge in [0.15, 0.2) is 5.79 Å². The fourth-order valence-electron chi connectivity index (χ4n) is 2.06. The molecule has 1 rings (SSSR count). The maximum atomic E-state index is 9.93. The van der Waals surface area contributed by atoms with Crippen LogP contribution < -0.4 is 0 Å². The molecule has 1 heterocycles. The summed E-state index contributed by atoms with van der Waals surface area (Å²) in [7, 11) is 0. The van der Waals surface area contributed by atoms with E-state index >= 15 is 0 Å². The van der Waals surface area contributed by atoms with Crippen molar-refractivity contribution in [2.24, 2.45) is 10.2 Å². The van der Waals surface area contributed by atoms with Crippen molar-refractivity contribution in [2.45, 2.75) is 56.5 Å². The van der Waals surface area contributed by atoms with Crippen molar-refractivity contribution in [1.29, 1.82) is 0 Å². The van der Waals surface area contributed by atoms with Crippen molar-refractivity contribution >= 4 is 0 Å². The second kappa shape index (κ2) is 6.07. The molecule has 0 bridgehead atoms. The molecule has 10 heteroatoms. The lowest BCUT2D eigenvalue weighted by atomic mass is 9.89. The van der Waals surface area contributed by atoms with Crippen LogP contribution in [-0.4, -0.2) is 51.5 Å². The summed E-state index contributed by atoms with van der Waals surface area (Å²) >= 11 is 0. The van der Waals surface area contributed by atoms with Crippen molar-refractivity contribution in [3.05, 3.63) is 20.9 Å². The molecule has 0 aliphatic carbocycles. The van der Waals surface area contributed by atoms with Gasteiger partial charge in [0.2, 0.25) is 0 Å². The maximum absolute atomic E-state index is 9.93. The topological polar surface area (TPSA) is 167 Å². The number of azide groups is 2. The Bertz CT molecular complexity index is 415. The summed E-state index contributed by atoms with van der Waals surface area (Å²) in [5, 5.41) is 36.1. The Morgan fingerprint density at radius 2 is 1.89 bits per heavy atom. The molecule has 106 valence electrons. The van der Waals surface area contributed by atoms with Crippen LogP contribution >= 0.6 is 0 Å². The molecule has 0 saturated carbocycles. The highest BCUT2D eigenvalue weighted by atomic mass is 16.6. The summed E-state index contributed by atoms with van der Waals surface area (Å²) in [5.41, 5.74) is 17.0. The molecule has 0 aromatic heterocycles. The first-order valence-electron chi connectivity index (χ1n) is 5.67. The molecule has 1 fully saturated rings. The highest BCUT2D eigenvalue weighted by molar-refractivity contribution is 5.00. The number of rotatable bonds is 4. The first-order valence-corrected chi connectivity index (χ1v) is 5.67. The number of ether oxygens (including phenoxy) is 1. The number of hydrogen-bond donors (Lipinski definition) is 3. The van der Waals surface area contributed by atoms with Crippen LogP contribution in [0.5, 0.6) is 0 Å². The van der Waals surface area contributed by atoms with Crippen LogP contribution in [0.25, 0.3) is 20.9 Å². The molecule has 0 amide bonds. The molecule has 6 atom stereocenters. The molecule has 3 N–H and O–H groups in total. The fraction of sp³-hybridized carbons (Fsp3) is 1.00. The summed E-state index contributed by atoms with van der Waals surface area (Å²) in [5.74, 6) is -1.65. The highest BCUT2D eigenvalue weighted by Crippen LogP contribution is 2.33. The molecular weight excluding hydrogens is 256 g/mol. The minimum absolute atomic E-state index is 0.0796. The lowest BCUT2D eigenvalue weighted by molar-refractivity contribution is -0.273. The Hall–Kier alpha value is -1.54. The third-order valence-electron chi connectivity index (χ3n) is 2.92. The first-order chi connectivity index (χ1) is 8.82. The number of aliphatic hydroxyl groups is 3. The second-order valence-corrected chi connectivity index (χ2v) is 4.66. The zero-order chi connectivity index (χ0) is 14.6. The van der Waals surface area contributed by atoms with Gasteiger partial charge in [-0.1, -0.05) is 10.2 Å². The minimum atomic E-state index is -1.65. The predicted molar refractivity (Wildman–Crippen MR) is 63.7 cm³/mol. The van der Waals surface area contributed by atoms with Crippen LogP contribution in [0.15, 0.2) is 10.2 Å². The van der Waals surface area contributed by atoms with Crippen molar-refractivity contribution in [2.75, 3.05) is 0 Å². The summed E-state index contributed by atoms with van der Waals surface area (Å²) in [4.78, 5) is 5.25. The van der Waals surface area contributed by atoms with Crippen molar-refractivity contribution in [3.8, 4) is 0 Å². The van der Waals surface area contributed by atoms with E-state index in [0.717, 1.165) is 0 Å². The molecule has 4 unspecified atom stereocenters. The molecule has 10 nitrogen and oxygen atoms in total. The van der Waals surface area contributed by atoms with Gasteiger partial charge in [0.25, 0.3) is 0 Å². The van der Waals surface area contributed by atoms with Crippen LogP contribution in [-0.2, 0) is 4.74 Å². The predicted octanol–water partition coefficient (Wildman–Crippen LogP) is 0.583. The first kappa shape index (κ1) is 15.5.